The molecule has 5 heteroatoms. The fraction of sp³-hybridized carbons (Fsp3) is 0.158. The standard InChI is InChI=1S/C19H17N3O2/c23-18-17(14-4-2-1-3-5-14)22(11-10-21-18)19(24)15-7-6-13-8-9-20-16(13)12-15/h1-9,12,17,20H,10-11H2,(H,21,23)/t17-/m0/s1. The Kier molecular flexibility index (Phi) is 3.54. The van der Waals surface area contributed by atoms with E-state index in [2.05, 4.69) is 10.3 Å². The van der Waals surface area contributed by atoms with E-state index in [1.54, 1.807) is 4.90 Å². The highest BCUT2D eigenvalue weighted by molar-refractivity contribution is 6.01. The molecule has 2 heterocycles. The lowest BCUT2D eigenvalue weighted by molar-refractivity contribution is -0.128. The van der Waals surface area contributed by atoms with Gasteiger partial charge in [0.2, 0.25) is 5.91 Å². The van der Waals surface area contributed by atoms with Gasteiger partial charge in [-0.3, -0.25) is 9.59 Å². The number of hydrogen-bond donors (Lipinski definition) is 2. The number of fused-ring (bicyclic) bond motifs is 1. The third kappa shape index (κ3) is 2.44. The molecule has 0 unspecified atom stereocenters. The summed E-state index contributed by atoms with van der Waals surface area (Å²) in [5, 5.41) is 3.91. The molecule has 24 heavy (non-hydrogen) atoms. The molecule has 0 aliphatic carbocycles. The Morgan fingerprint density at radius 2 is 1.92 bits per heavy atom. The normalized spacial score (nSPS) is 17.8. The summed E-state index contributed by atoms with van der Waals surface area (Å²) in [5.41, 5.74) is 2.32. The maximum Gasteiger partial charge on any atom is 0.254 e. The SMILES string of the molecule is O=C1NCCN(C(=O)c2ccc3cc[nH]c3c2)[C@H]1c1ccccc1. The van der Waals surface area contributed by atoms with Crippen LogP contribution < -0.4 is 5.32 Å². The molecule has 120 valence electrons. The average Bonchev–Trinajstić information content (AvgIpc) is 3.09. The summed E-state index contributed by atoms with van der Waals surface area (Å²) in [5.74, 6) is -0.267. The molecule has 1 aliphatic rings. The van der Waals surface area contributed by atoms with E-state index in [0.29, 0.717) is 18.7 Å². The number of H-pyrrole nitrogens is 1. The Morgan fingerprint density at radius 3 is 2.75 bits per heavy atom. The zero-order valence-corrected chi connectivity index (χ0v) is 13.0. The van der Waals surface area contributed by atoms with Gasteiger partial charge in [-0.1, -0.05) is 36.4 Å². The van der Waals surface area contributed by atoms with Crippen LogP contribution in [0.2, 0.25) is 0 Å². The van der Waals surface area contributed by atoms with Crippen LogP contribution in [0, 0.1) is 0 Å². The highest BCUT2D eigenvalue weighted by Gasteiger charge is 2.34. The van der Waals surface area contributed by atoms with Crippen LogP contribution in [-0.4, -0.2) is 34.8 Å². The van der Waals surface area contributed by atoms with Gasteiger partial charge in [0.15, 0.2) is 0 Å². The fourth-order valence-corrected chi connectivity index (χ4v) is 3.20. The number of nitrogens with zero attached hydrogens (tertiary/aromatic N) is 1. The molecule has 1 atom stereocenters. The van der Waals surface area contributed by atoms with E-state index in [1.807, 2.05) is 60.8 Å². The first kappa shape index (κ1) is 14.5. The molecular weight excluding hydrogens is 302 g/mol. The van der Waals surface area contributed by atoms with Crippen molar-refractivity contribution >= 4 is 22.7 Å². The predicted molar refractivity (Wildman–Crippen MR) is 91.5 cm³/mol. The molecule has 1 saturated heterocycles. The summed E-state index contributed by atoms with van der Waals surface area (Å²) in [6.45, 7) is 0.964. The van der Waals surface area contributed by atoms with Crippen molar-refractivity contribution in [3.05, 3.63) is 71.9 Å². The second-order valence-electron chi connectivity index (χ2n) is 5.88. The quantitative estimate of drug-likeness (QED) is 0.762. The second kappa shape index (κ2) is 5.85. The molecular formula is C19H17N3O2. The van der Waals surface area contributed by atoms with E-state index in [9.17, 15) is 9.59 Å². The van der Waals surface area contributed by atoms with Crippen LogP contribution >= 0.6 is 0 Å². The number of benzene rings is 2. The zero-order valence-electron chi connectivity index (χ0n) is 13.0. The molecule has 1 aromatic heterocycles. The van der Waals surface area contributed by atoms with Crippen LogP contribution in [-0.2, 0) is 4.79 Å². The van der Waals surface area contributed by atoms with Crippen LogP contribution in [0.15, 0.2) is 60.8 Å². The fourth-order valence-electron chi connectivity index (χ4n) is 3.20. The number of aromatic amines is 1. The van der Waals surface area contributed by atoms with Gasteiger partial charge in [-0.15, -0.1) is 0 Å². The lowest BCUT2D eigenvalue weighted by Gasteiger charge is -2.35. The molecule has 2 aromatic carbocycles. The summed E-state index contributed by atoms with van der Waals surface area (Å²) in [6.07, 6.45) is 1.85. The number of piperazine rings is 1. The molecule has 3 aromatic rings. The van der Waals surface area contributed by atoms with Crippen LogP contribution in [0.25, 0.3) is 10.9 Å². The summed E-state index contributed by atoms with van der Waals surface area (Å²) in [4.78, 5) is 30.2. The van der Waals surface area contributed by atoms with Crippen LogP contribution in [0.1, 0.15) is 22.0 Å². The van der Waals surface area contributed by atoms with Gasteiger partial charge >= 0.3 is 0 Å². The van der Waals surface area contributed by atoms with Gasteiger partial charge in [-0.25, -0.2) is 0 Å². The minimum atomic E-state index is -0.591. The smallest absolute Gasteiger partial charge is 0.254 e. The van der Waals surface area contributed by atoms with Gasteiger partial charge in [0.25, 0.3) is 5.91 Å². The molecule has 4 rings (SSSR count). The zero-order chi connectivity index (χ0) is 16.5. The number of amides is 2. The van der Waals surface area contributed by atoms with Crippen molar-refractivity contribution in [2.45, 2.75) is 6.04 Å². The van der Waals surface area contributed by atoms with Crippen molar-refractivity contribution in [3.63, 3.8) is 0 Å². The van der Waals surface area contributed by atoms with E-state index >= 15 is 0 Å². The van der Waals surface area contributed by atoms with E-state index < -0.39 is 6.04 Å². The molecule has 0 saturated carbocycles. The van der Waals surface area contributed by atoms with Gasteiger partial charge in [-0.05, 0) is 29.1 Å². The van der Waals surface area contributed by atoms with Gasteiger partial charge in [-0.2, -0.15) is 0 Å². The highest BCUT2D eigenvalue weighted by atomic mass is 16.2. The molecule has 0 radical (unpaired) electrons. The predicted octanol–water partition coefficient (Wildman–Crippen LogP) is 2.48. The van der Waals surface area contributed by atoms with Gasteiger partial charge in [0, 0.05) is 30.4 Å². The highest BCUT2D eigenvalue weighted by Crippen LogP contribution is 2.26. The first-order valence-electron chi connectivity index (χ1n) is 7.95. The Bertz CT molecular complexity index is 901. The number of carbonyl (C=O) groups is 2. The van der Waals surface area contributed by atoms with E-state index in [4.69, 9.17) is 0 Å². The van der Waals surface area contributed by atoms with Crippen molar-refractivity contribution < 1.29 is 9.59 Å². The van der Waals surface area contributed by atoms with Gasteiger partial charge < -0.3 is 15.2 Å². The number of hydrogen-bond acceptors (Lipinski definition) is 2. The van der Waals surface area contributed by atoms with Gasteiger partial charge in [0.1, 0.15) is 6.04 Å². The monoisotopic (exact) mass is 319 g/mol. The molecule has 1 aliphatic heterocycles. The molecule has 2 amide bonds. The lowest BCUT2D eigenvalue weighted by Crippen LogP contribution is -2.52. The van der Waals surface area contributed by atoms with Crippen molar-refractivity contribution in [1.82, 2.24) is 15.2 Å². The first-order valence-corrected chi connectivity index (χ1v) is 7.95. The van der Waals surface area contributed by atoms with E-state index in [1.165, 1.54) is 0 Å². The third-order valence-electron chi connectivity index (χ3n) is 4.39. The number of carbonyl (C=O) groups excluding carboxylic acids is 2. The largest absolute Gasteiger partial charge is 0.361 e. The summed E-state index contributed by atoms with van der Waals surface area (Å²) < 4.78 is 0. The van der Waals surface area contributed by atoms with Crippen molar-refractivity contribution in [3.8, 4) is 0 Å². The minimum absolute atomic E-state index is 0.129. The average molecular weight is 319 g/mol. The first-order chi connectivity index (χ1) is 11.7. The maximum atomic E-state index is 13.0. The summed E-state index contributed by atoms with van der Waals surface area (Å²) in [6, 6.07) is 16.4. The molecule has 0 spiro atoms. The Balaban J connectivity index is 1.71. The minimum Gasteiger partial charge on any atom is -0.361 e. The molecule has 1 fully saturated rings. The van der Waals surface area contributed by atoms with Crippen molar-refractivity contribution in [2.24, 2.45) is 0 Å². The molecule has 5 nitrogen and oxygen atoms in total. The van der Waals surface area contributed by atoms with Crippen molar-refractivity contribution in [2.75, 3.05) is 13.1 Å². The summed E-state index contributed by atoms with van der Waals surface area (Å²) >= 11 is 0. The molecule has 2 N–H and O–H groups in total. The Labute approximate surface area is 139 Å². The maximum absolute atomic E-state index is 13.0. The Morgan fingerprint density at radius 1 is 1.08 bits per heavy atom. The van der Waals surface area contributed by atoms with Crippen LogP contribution in [0.3, 0.4) is 0 Å². The topological polar surface area (TPSA) is 65.2 Å². The number of aromatic nitrogens is 1. The lowest BCUT2D eigenvalue weighted by atomic mass is 10.0. The van der Waals surface area contributed by atoms with E-state index in [0.717, 1.165) is 16.5 Å². The summed E-state index contributed by atoms with van der Waals surface area (Å²) in [7, 11) is 0. The Hall–Kier alpha value is -3.08. The molecule has 0 bridgehead atoms. The van der Waals surface area contributed by atoms with Crippen molar-refractivity contribution in [1.29, 1.82) is 0 Å². The third-order valence-corrected chi connectivity index (χ3v) is 4.39. The van der Waals surface area contributed by atoms with E-state index in [-0.39, 0.29) is 11.8 Å². The number of nitrogens with one attached hydrogen (secondary N) is 2. The van der Waals surface area contributed by atoms with Crippen LogP contribution in [0.4, 0.5) is 0 Å². The van der Waals surface area contributed by atoms with Gasteiger partial charge in [0.05, 0.1) is 0 Å². The van der Waals surface area contributed by atoms with Crippen LogP contribution in [0.5, 0.6) is 0 Å². The second-order valence-corrected chi connectivity index (χ2v) is 5.88. The number of rotatable bonds is 2.